The van der Waals surface area contributed by atoms with E-state index in [0.29, 0.717) is 21.9 Å². The number of amides is 1. The second kappa shape index (κ2) is 8.30. The molecule has 0 atom stereocenters. The molecule has 7 nitrogen and oxygen atoms in total. The Bertz CT molecular complexity index is 1240. The zero-order valence-corrected chi connectivity index (χ0v) is 16.3. The Hall–Kier alpha value is -3.54. The Kier molecular flexibility index (Phi) is 5.55. The molecule has 2 aromatic carbocycles. The predicted molar refractivity (Wildman–Crippen MR) is 105 cm³/mol. The van der Waals surface area contributed by atoms with Crippen molar-refractivity contribution in [3.63, 3.8) is 0 Å². The smallest absolute Gasteiger partial charge is 0.325 e. The van der Waals surface area contributed by atoms with Crippen LogP contribution < -0.4 is 5.32 Å². The fraction of sp³-hybridized carbons (Fsp3) is 0.105. The topological polar surface area (TPSA) is 85.6 Å². The normalized spacial score (nSPS) is 11.6. The zero-order chi connectivity index (χ0) is 22.0. The molecule has 0 aliphatic carbocycles. The molecule has 0 radical (unpaired) electrons. The molecule has 1 amide bonds. The molecule has 158 valence electrons. The van der Waals surface area contributed by atoms with Gasteiger partial charge in [-0.05, 0) is 42.5 Å². The van der Waals surface area contributed by atoms with Gasteiger partial charge in [0.25, 0.3) is 0 Å². The summed E-state index contributed by atoms with van der Waals surface area (Å²) in [5.41, 5.74) is 0.426. The van der Waals surface area contributed by atoms with Gasteiger partial charge in [-0.2, -0.15) is 17.9 Å². The van der Waals surface area contributed by atoms with E-state index in [1.165, 1.54) is 47.4 Å². The molecule has 2 aromatic heterocycles. The molecule has 0 saturated heterocycles. The van der Waals surface area contributed by atoms with E-state index in [-0.39, 0.29) is 11.4 Å². The molecule has 12 heteroatoms. The molecule has 31 heavy (non-hydrogen) atoms. The van der Waals surface area contributed by atoms with Gasteiger partial charge in [-0.3, -0.25) is 4.79 Å². The Morgan fingerprint density at radius 1 is 1.10 bits per heavy atom. The maximum absolute atomic E-state index is 13.2. The Balaban J connectivity index is 1.48. The van der Waals surface area contributed by atoms with Crippen molar-refractivity contribution in [2.24, 2.45) is 0 Å². The van der Waals surface area contributed by atoms with Crippen LogP contribution in [-0.4, -0.2) is 36.6 Å². The van der Waals surface area contributed by atoms with Crippen molar-refractivity contribution in [1.82, 2.24) is 25.0 Å². The van der Waals surface area contributed by atoms with Gasteiger partial charge < -0.3 is 5.32 Å². The van der Waals surface area contributed by atoms with Gasteiger partial charge in [0.05, 0.1) is 17.0 Å². The van der Waals surface area contributed by atoms with E-state index in [0.717, 1.165) is 23.9 Å². The average Bonchev–Trinajstić information content (AvgIpc) is 3.17. The standard InChI is InChI=1S/C19H12F4N6OS/c20-12-4-6-14(7-5-12)29-17-16(27-28-29)18(25-10-24-17)31-9-15(30)26-13-3-1-2-11(8-13)19(21,22)23/h1-8,10H,9H2,(H,26,30). The van der Waals surface area contributed by atoms with Crippen molar-refractivity contribution in [1.29, 1.82) is 0 Å². The van der Waals surface area contributed by atoms with E-state index in [1.54, 1.807) is 0 Å². The van der Waals surface area contributed by atoms with Crippen LogP contribution >= 0.6 is 11.8 Å². The molecule has 4 rings (SSSR count). The lowest BCUT2D eigenvalue weighted by Crippen LogP contribution is -2.15. The highest BCUT2D eigenvalue weighted by Gasteiger charge is 2.30. The third-order valence-corrected chi connectivity index (χ3v) is 5.07. The van der Waals surface area contributed by atoms with E-state index in [9.17, 15) is 22.4 Å². The van der Waals surface area contributed by atoms with Crippen LogP contribution in [0, 0.1) is 5.82 Å². The van der Waals surface area contributed by atoms with E-state index >= 15 is 0 Å². The highest BCUT2D eigenvalue weighted by Crippen LogP contribution is 2.31. The largest absolute Gasteiger partial charge is 0.416 e. The number of aromatic nitrogens is 5. The van der Waals surface area contributed by atoms with Crippen LogP contribution in [0.25, 0.3) is 16.9 Å². The van der Waals surface area contributed by atoms with Crippen molar-refractivity contribution in [3.05, 3.63) is 66.2 Å². The lowest BCUT2D eigenvalue weighted by Gasteiger charge is -2.09. The Morgan fingerprint density at radius 2 is 1.87 bits per heavy atom. The molecular weight excluding hydrogens is 436 g/mol. The molecule has 0 aliphatic heterocycles. The number of halogens is 4. The van der Waals surface area contributed by atoms with Gasteiger partial charge in [0, 0.05) is 5.69 Å². The third-order valence-electron chi connectivity index (χ3n) is 4.09. The number of hydrogen-bond acceptors (Lipinski definition) is 6. The zero-order valence-electron chi connectivity index (χ0n) is 15.5. The third kappa shape index (κ3) is 4.63. The van der Waals surface area contributed by atoms with Crippen molar-refractivity contribution in [2.75, 3.05) is 11.1 Å². The molecule has 0 unspecified atom stereocenters. The van der Waals surface area contributed by atoms with Gasteiger partial charge in [-0.1, -0.05) is 23.0 Å². The first-order chi connectivity index (χ1) is 14.8. The van der Waals surface area contributed by atoms with E-state index in [1.807, 2.05) is 0 Å². The molecule has 0 aliphatic rings. The van der Waals surface area contributed by atoms with E-state index in [2.05, 4.69) is 25.6 Å². The number of carbonyl (C=O) groups is 1. The monoisotopic (exact) mass is 448 g/mol. The highest BCUT2D eigenvalue weighted by atomic mass is 32.2. The maximum Gasteiger partial charge on any atom is 0.416 e. The van der Waals surface area contributed by atoms with Crippen LogP contribution in [0.4, 0.5) is 23.2 Å². The lowest BCUT2D eigenvalue weighted by molar-refractivity contribution is -0.137. The van der Waals surface area contributed by atoms with Crippen LogP contribution in [0.15, 0.2) is 59.9 Å². The number of nitrogens with zero attached hydrogens (tertiary/aromatic N) is 5. The quantitative estimate of drug-likeness (QED) is 0.281. The first-order valence-corrected chi connectivity index (χ1v) is 9.72. The Labute approximate surface area is 176 Å². The minimum atomic E-state index is -4.50. The number of benzene rings is 2. The van der Waals surface area contributed by atoms with Crippen LogP contribution in [0.5, 0.6) is 0 Å². The number of hydrogen-bond donors (Lipinski definition) is 1. The van der Waals surface area contributed by atoms with Gasteiger partial charge >= 0.3 is 6.18 Å². The summed E-state index contributed by atoms with van der Waals surface area (Å²) in [5, 5.41) is 10.8. The summed E-state index contributed by atoms with van der Waals surface area (Å²) in [6.07, 6.45) is -3.23. The minimum Gasteiger partial charge on any atom is -0.325 e. The number of fused-ring (bicyclic) bond motifs is 1. The van der Waals surface area contributed by atoms with Gasteiger partial charge in [-0.25, -0.2) is 14.4 Å². The van der Waals surface area contributed by atoms with Crippen LogP contribution in [-0.2, 0) is 11.0 Å². The second-order valence-electron chi connectivity index (χ2n) is 6.24. The number of nitrogens with one attached hydrogen (secondary N) is 1. The fourth-order valence-electron chi connectivity index (χ4n) is 2.69. The molecular formula is C19H12F4N6OS. The SMILES string of the molecule is O=C(CSc1ncnc2c1nnn2-c1ccc(F)cc1)Nc1cccc(C(F)(F)F)c1. The molecule has 1 N–H and O–H groups in total. The molecule has 2 heterocycles. The number of rotatable bonds is 5. The highest BCUT2D eigenvalue weighted by molar-refractivity contribution is 8.00. The molecule has 0 saturated carbocycles. The summed E-state index contributed by atoms with van der Waals surface area (Å²) in [6.45, 7) is 0. The van der Waals surface area contributed by atoms with Crippen LogP contribution in [0.2, 0.25) is 0 Å². The number of alkyl halides is 3. The first kappa shape index (κ1) is 20.7. The van der Waals surface area contributed by atoms with E-state index < -0.39 is 23.5 Å². The number of thioether (sulfide) groups is 1. The summed E-state index contributed by atoms with van der Waals surface area (Å²) < 4.78 is 53.0. The van der Waals surface area contributed by atoms with Crippen molar-refractivity contribution in [3.8, 4) is 5.69 Å². The molecule has 0 spiro atoms. The first-order valence-electron chi connectivity index (χ1n) is 8.73. The maximum atomic E-state index is 13.2. The minimum absolute atomic E-state index is 0.0375. The van der Waals surface area contributed by atoms with Crippen molar-refractivity contribution >= 4 is 34.5 Å². The predicted octanol–water partition coefficient (Wildman–Crippen LogP) is 4.10. The molecule has 4 aromatic rings. The molecule has 0 bridgehead atoms. The van der Waals surface area contributed by atoms with Crippen LogP contribution in [0.3, 0.4) is 0 Å². The fourth-order valence-corrected chi connectivity index (χ4v) is 3.42. The summed E-state index contributed by atoms with van der Waals surface area (Å²) in [4.78, 5) is 20.4. The van der Waals surface area contributed by atoms with Gasteiger partial charge in [0.15, 0.2) is 11.2 Å². The van der Waals surface area contributed by atoms with Gasteiger partial charge in [-0.15, -0.1) is 5.10 Å². The summed E-state index contributed by atoms with van der Waals surface area (Å²) in [6, 6.07) is 9.95. The van der Waals surface area contributed by atoms with E-state index in [4.69, 9.17) is 0 Å². The van der Waals surface area contributed by atoms with Crippen LogP contribution in [0.1, 0.15) is 5.56 Å². The lowest BCUT2D eigenvalue weighted by atomic mass is 10.2. The van der Waals surface area contributed by atoms with Crippen molar-refractivity contribution in [2.45, 2.75) is 11.2 Å². The van der Waals surface area contributed by atoms with Gasteiger partial charge in [0.1, 0.15) is 17.2 Å². The summed E-state index contributed by atoms with van der Waals surface area (Å²) in [5.74, 6) is -1.03. The molecule has 0 fully saturated rings. The average molecular weight is 448 g/mol. The van der Waals surface area contributed by atoms with Crippen molar-refractivity contribution < 1.29 is 22.4 Å². The number of anilines is 1. The van der Waals surface area contributed by atoms with Gasteiger partial charge in [0.2, 0.25) is 5.91 Å². The Morgan fingerprint density at radius 3 is 2.61 bits per heavy atom. The summed E-state index contributed by atoms with van der Waals surface area (Å²) in [7, 11) is 0. The summed E-state index contributed by atoms with van der Waals surface area (Å²) >= 11 is 1.04. The second-order valence-corrected chi connectivity index (χ2v) is 7.21. The number of carbonyl (C=O) groups excluding carboxylic acids is 1.